The number of rotatable bonds is 4. The van der Waals surface area contributed by atoms with Crippen LogP contribution in [-0.2, 0) is 6.42 Å². The van der Waals surface area contributed by atoms with Gasteiger partial charge in [0.1, 0.15) is 0 Å². The van der Waals surface area contributed by atoms with Crippen LogP contribution in [0.2, 0.25) is 0 Å². The van der Waals surface area contributed by atoms with E-state index in [4.69, 9.17) is 0 Å². The van der Waals surface area contributed by atoms with Crippen LogP contribution in [-0.4, -0.2) is 32.6 Å². The van der Waals surface area contributed by atoms with E-state index in [1.165, 1.54) is 16.7 Å². The number of aryl methyl sites for hydroxylation is 2. The second-order valence-electron chi connectivity index (χ2n) is 4.82. The van der Waals surface area contributed by atoms with Gasteiger partial charge in [-0.3, -0.25) is 14.5 Å². The maximum absolute atomic E-state index is 12.2. The van der Waals surface area contributed by atoms with E-state index in [1.807, 2.05) is 13.8 Å². The second kappa shape index (κ2) is 5.37. The first-order chi connectivity index (χ1) is 10.1. The van der Waals surface area contributed by atoms with Gasteiger partial charge in [0, 0.05) is 5.69 Å². The van der Waals surface area contributed by atoms with Gasteiger partial charge in [-0.05, 0) is 25.5 Å². The zero-order valence-electron chi connectivity index (χ0n) is 11.8. The fraction of sp³-hybridized carbons (Fsp3) is 0.267. The van der Waals surface area contributed by atoms with Gasteiger partial charge in [0.15, 0.2) is 5.16 Å². The van der Waals surface area contributed by atoms with Crippen molar-refractivity contribution in [1.29, 1.82) is 0 Å². The molecule has 0 bridgehead atoms. The maximum Gasteiger partial charge on any atom is 0.262 e. The van der Waals surface area contributed by atoms with Crippen molar-refractivity contribution in [3.05, 3.63) is 46.8 Å². The molecule has 21 heavy (non-hydrogen) atoms. The molecule has 0 fully saturated rings. The van der Waals surface area contributed by atoms with Crippen LogP contribution in [0.3, 0.4) is 0 Å². The summed E-state index contributed by atoms with van der Waals surface area (Å²) in [6, 6.07) is 6.91. The predicted molar refractivity (Wildman–Crippen MR) is 80.4 cm³/mol. The highest BCUT2D eigenvalue weighted by atomic mass is 32.2. The maximum atomic E-state index is 12.2. The molecule has 2 heterocycles. The molecule has 3 rings (SSSR count). The van der Waals surface area contributed by atoms with Crippen molar-refractivity contribution in [3.8, 4) is 0 Å². The molecule has 5 nitrogen and oxygen atoms in total. The van der Waals surface area contributed by atoms with E-state index in [2.05, 4.69) is 9.97 Å². The van der Waals surface area contributed by atoms with Gasteiger partial charge in [-0.2, -0.15) is 0 Å². The lowest BCUT2D eigenvalue weighted by Crippen LogP contribution is -2.29. The Labute approximate surface area is 126 Å². The van der Waals surface area contributed by atoms with E-state index in [9.17, 15) is 9.59 Å². The van der Waals surface area contributed by atoms with Crippen LogP contribution in [0.1, 0.15) is 39.0 Å². The first-order valence-corrected chi connectivity index (χ1v) is 7.74. The highest BCUT2D eigenvalue weighted by Gasteiger charge is 2.35. The zero-order chi connectivity index (χ0) is 15.0. The van der Waals surface area contributed by atoms with Crippen LogP contribution in [0.15, 0.2) is 29.4 Å². The number of aromatic amines is 1. The lowest BCUT2D eigenvalue weighted by Gasteiger charge is -2.11. The van der Waals surface area contributed by atoms with Gasteiger partial charge >= 0.3 is 0 Å². The molecule has 0 aliphatic carbocycles. The van der Waals surface area contributed by atoms with Gasteiger partial charge in [0.2, 0.25) is 0 Å². The number of amides is 2. The summed E-state index contributed by atoms with van der Waals surface area (Å²) in [4.78, 5) is 33.3. The summed E-state index contributed by atoms with van der Waals surface area (Å²) in [6.07, 6.45) is 0.857. The van der Waals surface area contributed by atoms with Crippen molar-refractivity contribution in [1.82, 2.24) is 14.9 Å². The SMILES string of the molecule is CCc1nc(SCN2C(=O)c3ccccc3C2=O)[nH]c1C. The second-order valence-corrected chi connectivity index (χ2v) is 5.76. The van der Waals surface area contributed by atoms with E-state index >= 15 is 0 Å². The third-order valence-corrected chi connectivity index (χ3v) is 4.36. The lowest BCUT2D eigenvalue weighted by molar-refractivity contribution is 0.0684. The Bertz CT molecular complexity index is 688. The van der Waals surface area contributed by atoms with Crippen molar-refractivity contribution >= 4 is 23.6 Å². The molecule has 6 heteroatoms. The smallest absolute Gasteiger partial charge is 0.262 e. The Hall–Kier alpha value is -2.08. The summed E-state index contributed by atoms with van der Waals surface area (Å²) >= 11 is 1.36. The number of carbonyl (C=O) groups is 2. The van der Waals surface area contributed by atoms with Crippen molar-refractivity contribution in [3.63, 3.8) is 0 Å². The highest BCUT2D eigenvalue weighted by molar-refractivity contribution is 7.99. The van der Waals surface area contributed by atoms with Gasteiger partial charge in [0.05, 0.1) is 22.7 Å². The van der Waals surface area contributed by atoms with Gasteiger partial charge in [0.25, 0.3) is 11.8 Å². The van der Waals surface area contributed by atoms with Gasteiger partial charge in [-0.25, -0.2) is 4.98 Å². The van der Waals surface area contributed by atoms with Gasteiger partial charge in [-0.1, -0.05) is 30.8 Å². The van der Waals surface area contributed by atoms with Crippen molar-refractivity contribution in [2.24, 2.45) is 0 Å². The minimum atomic E-state index is -0.234. The summed E-state index contributed by atoms with van der Waals surface area (Å²) in [5.74, 6) is -0.202. The number of thioether (sulfide) groups is 1. The number of imide groups is 1. The minimum Gasteiger partial charge on any atom is -0.337 e. The first kappa shape index (κ1) is 13.9. The number of H-pyrrole nitrogens is 1. The molecule has 1 N–H and O–H groups in total. The fourth-order valence-electron chi connectivity index (χ4n) is 2.36. The molecule has 0 radical (unpaired) electrons. The third kappa shape index (κ3) is 2.35. The number of aromatic nitrogens is 2. The zero-order valence-corrected chi connectivity index (χ0v) is 12.7. The fourth-order valence-corrected chi connectivity index (χ4v) is 3.25. The first-order valence-electron chi connectivity index (χ1n) is 6.75. The number of imidazole rings is 1. The topological polar surface area (TPSA) is 66.1 Å². The molecule has 0 saturated carbocycles. The summed E-state index contributed by atoms with van der Waals surface area (Å²) < 4.78 is 0. The van der Waals surface area contributed by atoms with Crippen LogP contribution in [0.5, 0.6) is 0 Å². The molecule has 1 aromatic carbocycles. The molecular weight excluding hydrogens is 286 g/mol. The number of hydrogen-bond donors (Lipinski definition) is 1. The molecule has 2 amide bonds. The van der Waals surface area contributed by atoms with E-state index in [-0.39, 0.29) is 17.7 Å². The molecular formula is C15H15N3O2S. The molecule has 2 aromatic rings. The summed E-state index contributed by atoms with van der Waals surface area (Å²) in [6.45, 7) is 4.01. The monoisotopic (exact) mass is 301 g/mol. The molecule has 1 aliphatic heterocycles. The molecule has 1 aromatic heterocycles. The average molecular weight is 301 g/mol. The van der Waals surface area contributed by atoms with E-state index in [1.54, 1.807) is 24.3 Å². The van der Waals surface area contributed by atoms with Crippen LogP contribution in [0.4, 0.5) is 0 Å². The van der Waals surface area contributed by atoms with E-state index < -0.39 is 0 Å². The Morgan fingerprint density at radius 1 is 1.19 bits per heavy atom. The van der Waals surface area contributed by atoms with Crippen LogP contribution < -0.4 is 0 Å². The number of nitrogens with zero attached hydrogens (tertiary/aromatic N) is 2. The molecule has 0 unspecified atom stereocenters. The molecule has 0 atom stereocenters. The molecule has 108 valence electrons. The Kier molecular flexibility index (Phi) is 3.55. The van der Waals surface area contributed by atoms with Gasteiger partial charge in [-0.15, -0.1) is 0 Å². The number of carbonyl (C=O) groups excluding carboxylic acids is 2. The largest absolute Gasteiger partial charge is 0.337 e. The van der Waals surface area contributed by atoms with Crippen molar-refractivity contribution in [2.75, 3.05) is 5.88 Å². The summed E-state index contributed by atoms with van der Waals surface area (Å²) in [5.41, 5.74) is 3.00. The Balaban J connectivity index is 1.75. The number of fused-ring (bicyclic) bond motifs is 1. The number of benzene rings is 1. The predicted octanol–water partition coefficient (Wildman–Crippen LogP) is 2.63. The minimum absolute atomic E-state index is 0.234. The lowest BCUT2D eigenvalue weighted by atomic mass is 10.1. The van der Waals surface area contributed by atoms with Gasteiger partial charge < -0.3 is 4.98 Å². The highest BCUT2D eigenvalue weighted by Crippen LogP contribution is 2.26. The Morgan fingerprint density at radius 3 is 2.33 bits per heavy atom. The summed E-state index contributed by atoms with van der Waals surface area (Å²) in [7, 11) is 0. The number of hydrogen-bond acceptors (Lipinski definition) is 4. The molecule has 0 spiro atoms. The van der Waals surface area contributed by atoms with Crippen LogP contribution >= 0.6 is 11.8 Å². The van der Waals surface area contributed by atoms with Crippen LogP contribution in [0.25, 0.3) is 0 Å². The quantitative estimate of drug-likeness (QED) is 0.696. The van der Waals surface area contributed by atoms with E-state index in [0.717, 1.165) is 23.0 Å². The normalized spacial score (nSPS) is 13.9. The Morgan fingerprint density at radius 2 is 1.81 bits per heavy atom. The molecule has 1 aliphatic rings. The van der Waals surface area contributed by atoms with E-state index in [0.29, 0.717) is 11.1 Å². The van der Waals surface area contributed by atoms with Crippen molar-refractivity contribution < 1.29 is 9.59 Å². The summed E-state index contributed by atoms with van der Waals surface area (Å²) in [5, 5.41) is 0.737. The van der Waals surface area contributed by atoms with Crippen molar-refractivity contribution in [2.45, 2.75) is 25.4 Å². The van der Waals surface area contributed by atoms with Crippen LogP contribution in [0, 0.1) is 6.92 Å². The number of nitrogens with one attached hydrogen (secondary N) is 1. The average Bonchev–Trinajstić information content (AvgIpc) is 2.97. The standard InChI is InChI=1S/C15H15N3O2S/c1-3-12-9(2)16-15(17-12)21-8-18-13(19)10-6-4-5-7-11(10)14(18)20/h4-7H,3,8H2,1-2H3,(H,16,17). The molecule has 0 saturated heterocycles. The third-order valence-electron chi connectivity index (χ3n) is 3.51.